The van der Waals surface area contributed by atoms with Gasteiger partial charge in [-0.2, -0.15) is 4.31 Å². The van der Waals surface area contributed by atoms with Gasteiger partial charge in [-0.3, -0.25) is 0 Å². The summed E-state index contributed by atoms with van der Waals surface area (Å²) < 4.78 is 40.0. The van der Waals surface area contributed by atoms with Crippen molar-refractivity contribution in [1.82, 2.24) is 4.31 Å². The van der Waals surface area contributed by atoms with Crippen molar-refractivity contribution in [3.8, 4) is 0 Å². The van der Waals surface area contributed by atoms with E-state index in [0.717, 1.165) is 6.42 Å². The van der Waals surface area contributed by atoms with E-state index in [9.17, 15) is 12.8 Å². The fourth-order valence-electron chi connectivity index (χ4n) is 2.41. The molecule has 1 aromatic carbocycles. The second-order valence-electron chi connectivity index (χ2n) is 5.12. The molecule has 1 saturated heterocycles. The van der Waals surface area contributed by atoms with Gasteiger partial charge < -0.3 is 5.73 Å². The zero-order valence-electron chi connectivity index (χ0n) is 11.2. The fourth-order valence-corrected chi connectivity index (χ4v) is 4.11. The first-order valence-corrected chi connectivity index (χ1v) is 7.77. The number of benzene rings is 1. The Labute approximate surface area is 113 Å². The molecule has 1 atom stereocenters. The largest absolute Gasteiger partial charge is 0.330 e. The highest BCUT2D eigenvalue weighted by Gasteiger charge is 2.32. The normalized spacial score (nSPS) is 20.9. The smallest absolute Gasteiger partial charge is 0.243 e. The van der Waals surface area contributed by atoms with Crippen molar-refractivity contribution in [1.29, 1.82) is 0 Å². The van der Waals surface area contributed by atoms with Gasteiger partial charge in [0.1, 0.15) is 5.82 Å². The minimum absolute atomic E-state index is 0.168. The summed E-state index contributed by atoms with van der Waals surface area (Å²) in [5, 5.41) is 0. The number of nitrogens with two attached hydrogens (primary N) is 1. The number of nitrogens with zero attached hydrogens (tertiary/aromatic N) is 1. The van der Waals surface area contributed by atoms with Gasteiger partial charge in [-0.05, 0) is 56.0 Å². The average Bonchev–Trinajstić information content (AvgIpc) is 2.84. The first kappa shape index (κ1) is 14.4. The number of sulfonamides is 1. The Morgan fingerprint density at radius 1 is 1.37 bits per heavy atom. The zero-order valence-corrected chi connectivity index (χ0v) is 12.0. The second kappa shape index (κ2) is 5.19. The topological polar surface area (TPSA) is 63.4 Å². The van der Waals surface area contributed by atoms with Gasteiger partial charge in [0.15, 0.2) is 0 Å². The molecule has 106 valence electrons. The molecule has 0 aromatic heterocycles. The molecular formula is C13H19FN2O2S. The Bertz CT molecular complexity index is 563. The lowest BCUT2D eigenvalue weighted by molar-refractivity contribution is 0.458. The van der Waals surface area contributed by atoms with Gasteiger partial charge in [0.2, 0.25) is 10.0 Å². The number of hydrogen-bond acceptors (Lipinski definition) is 3. The van der Waals surface area contributed by atoms with Crippen LogP contribution in [0.25, 0.3) is 0 Å². The molecule has 1 fully saturated rings. The third-order valence-corrected chi connectivity index (χ3v) is 5.47. The lowest BCUT2D eigenvalue weighted by Crippen LogP contribution is -2.30. The van der Waals surface area contributed by atoms with Crippen molar-refractivity contribution in [3.05, 3.63) is 29.1 Å². The van der Waals surface area contributed by atoms with Gasteiger partial charge in [-0.25, -0.2) is 12.8 Å². The Morgan fingerprint density at radius 2 is 1.95 bits per heavy atom. The highest BCUT2D eigenvalue weighted by Crippen LogP contribution is 2.26. The summed E-state index contributed by atoms with van der Waals surface area (Å²) in [6.07, 6.45) is 0.787. The van der Waals surface area contributed by atoms with Crippen LogP contribution < -0.4 is 5.73 Å². The van der Waals surface area contributed by atoms with Crippen LogP contribution in [0.4, 0.5) is 4.39 Å². The summed E-state index contributed by atoms with van der Waals surface area (Å²) >= 11 is 0. The van der Waals surface area contributed by atoms with Crippen molar-refractivity contribution in [2.45, 2.75) is 25.2 Å². The number of rotatable bonds is 3. The third-order valence-electron chi connectivity index (χ3n) is 3.63. The molecule has 0 saturated carbocycles. The summed E-state index contributed by atoms with van der Waals surface area (Å²) in [5.74, 6) is -0.127. The minimum Gasteiger partial charge on any atom is -0.330 e. The van der Waals surface area contributed by atoms with Crippen LogP contribution in [-0.2, 0) is 10.0 Å². The van der Waals surface area contributed by atoms with E-state index in [2.05, 4.69) is 0 Å². The molecule has 19 heavy (non-hydrogen) atoms. The van der Waals surface area contributed by atoms with E-state index in [1.807, 2.05) is 0 Å². The fraction of sp³-hybridized carbons (Fsp3) is 0.538. The summed E-state index contributed by atoms with van der Waals surface area (Å²) in [5.41, 5.74) is 6.28. The molecule has 2 N–H and O–H groups in total. The van der Waals surface area contributed by atoms with Gasteiger partial charge >= 0.3 is 0 Å². The molecular weight excluding hydrogens is 267 g/mol. The maximum absolute atomic E-state index is 13.6. The number of hydrogen-bond donors (Lipinski definition) is 1. The highest BCUT2D eigenvalue weighted by atomic mass is 32.2. The van der Waals surface area contributed by atoms with Crippen molar-refractivity contribution in [3.63, 3.8) is 0 Å². The molecule has 1 aliphatic rings. The Balaban J connectivity index is 2.35. The molecule has 0 radical (unpaired) electrons. The molecule has 0 amide bonds. The molecule has 0 bridgehead atoms. The van der Waals surface area contributed by atoms with Crippen LogP contribution in [-0.4, -0.2) is 32.4 Å². The van der Waals surface area contributed by atoms with Crippen molar-refractivity contribution in [2.24, 2.45) is 11.7 Å². The predicted octanol–water partition coefficient (Wildman–Crippen LogP) is 1.41. The van der Waals surface area contributed by atoms with Crippen LogP contribution in [0.15, 0.2) is 17.0 Å². The van der Waals surface area contributed by atoms with Gasteiger partial charge in [0, 0.05) is 13.1 Å². The Hall–Kier alpha value is -0.980. The first-order valence-electron chi connectivity index (χ1n) is 6.33. The summed E-state index contributed by atoms with van der Waals surface area (Å²) in [6.45, 7) is 4.59. The van der Waals surface area contributed by atoms with E-state index in [0.29, 0.717) is 30.8 Å². The van der Waals surface area contributed by atoms with Gasteiger partial charge in [0.05, 0.1) is 4.90 Å². The van der Waals surface area contributed by atoms with E-state index in [4.69, 9.17) is 5.73 Å². The SMILES string of the molecule is Cc1cc(S(=O)(=O)N2CCC(CN)C2)cc(C)c1F. The summed E-state index contributed by atoms with van der Waals surface area (Å²) in [6, 6.07) is 2.79. The van der Waals surface area contributed by atoms with Crippen LogP contribution in [0.3, 0.4) is 0 Å². The molecule has 1 unspecified atom stereocenters. The summed E-state index contributed by atoms with van der Waals surface area (Å²) in [7, 11) is -3.53. The number of aryl methyl sites for hydroxylation is 2. The maximum atomic E-state index is 13.6. The average molecular weight is 286 g/mol. The predicted molar refractivity (Wildman–Crippen MR) is 71.8 cm³/mol. The molecule has 1 aliphatic heterocycles. The standard InChI is InChI=1S/C13H19FN2O2S/c1-9-5-12(6-10(2)13(9)14)19(17,18)16-4-3-11(7-15)8-16/h5-6,11H,3-4,7-8,15H2,1-2H3. The van der Waals surface area contributed by atoms with Gasteiger partial charge in [-0.1, -0.05) is 0 Å². The molecule has 1 heterocycles. The minimum atomic E-state index is -3.53. The zero-order chi connectivity index (χ0) is 14.2. The van der Waals surface area contributed by atoms with Gasteiger partial charge in [-0.15, -0.1) is 0 Å². The number of halogens is 1. The van der Waals surface area contributed by atoms with Gasteiger partial charge in [0.25, 0.3) is 0 Å². The second-order valence-corrected chi connectivity index (χ2v) is 7.06. The van der Waals surface area contributed by atoms with E-state index < -0.39 is 10.0 Å². The molecule has 0 spiro atoms. The monoisotopic (exact) mass is 286 g/mol. The molecule has 4 nitrogen and oxygen atoms in total. The van der Waals surface area contributed by atoms with Crippen LogP contribution in [0, 0.1) is 25.6 Å². The van der Waals surface area contributed by atoms with E-state index in [-0.39, 0.29) is 16.6 Å². The lowest BCUT2D eigenvalue weighted by atomic mass is 10.1. The molecule has 2 rings (SSSR count). The van der Waals surface area contributed by atoms with Crippen LogP contribution in [0.5, 0.6) is 0 Å². The van der Waals surface area contributed by atoms with Crippen molar-refractivity contribution >= 4 is 10.0 Å². The van der Waals surface area contributed by atoms with E-state index in [1.54, 1.807) is 13.8 Å². The van der Waals surface area contributed by atoms with Crippen LogP contribution >= 0.6 is 0 Å². The highest BCUT2D eigenvalue weighted by molar-refractivity contribution is 7.89. The van der Waals surface area contributed by atoms with E-state index >= 15 is 0 Å². The van der Waals surface area contributed by atoms with Crippen LogP contribution in [0.2, 0.25) is 0 Å². The first-order chi connectivity index (χ1) is 8.86. The third kappa shape index (κ3) is 2.66. The molecule has 6 heteroatoms. The molecule has 0 aliphatic carbocycles. The van der Waals surface area contributed by atoms with Crippen molar-refractivity contribution < 1.29 is 12.8 Å². The van der Waals surface area contributed by atoms with E-state index in [1.165, 1.54) is 16.4 Å². The quantitative estimate of drug-likeness (QED) is 0.914. The summed E-state index contributed by atoms with van der Waals surface area (Å²) in [4.78, 5) is 0.168. The Kier molecular flexibility index (Phi) is 3.94. The maximum Gasteiger partial charge on any atom is 0.243 e. The molecule has 1 aromatic rings. The van der Waals surface area contributed by atoms with Crippen LogP contribution in [0.1, 0.15) is 17.5 Å². The van der Waals surface area contributed by atoms with Crippen molar-refractivity contribution in [2.75, 3.05) is 19.6 Å². The Morgan fingerprint density at radius 3 is 2.42 bits per heavy atom. The lowest BCUT2D eigenvalue weighted by Gasteiger charge is -2.17.